The molecule has 2 heterocycles. The minimum atomic E-state index is -1.41. The molecule has 1 atom stereocenters. The second kappa shape index (κ2) is 12.6. The summed E-state index contributed by atoms with van der Waals surface area (Å²) in [5, 5.41) is 12.5. The number of piperidine rings is 1. The van der Waals surface area contributed by atoms with Crippen LogP contribution in [0.3, 0.4) is 0 Å². The van der Waals surface area contributed by atoms with E-state index in [1.807, 2.05) is 0 Å². The van der Waals surface area contributed by atoms with Crippen molar-refractivity contribution in [2.24, 2.45) is 0 Å². The molecular weight excluding hydrogens is 524 g/mol. The van der Waals surface area contributed by atoms with E-state index in [0.29, 0.717) is 54.3 Å². The highest BCUT2D eigenvalue weighted by Crippen LogP contribution is 2.40. The zero-order chi connectivity index (χ0) is 27.9. The first kappa shape index (κ1) is 27.9. The molecular formula is C27H30N4O7S. The van der Waals surface area contributed by atoms with Gasteiger partial charge in [-0.3, -0.25) is 25.2 Å². The van der Waals surface area contributed by atoms with Crippen LogP contribution >= 0.6 is 11.3 Å². The van der Waals surface area contributed by atoms with Gasteiger partial charge in [-0.05, 0) is 30.5 Å². The highest BCUT2D eigenvalue weighted by molar-refractivity contribution is 7.09. The fraction of sp³-hybridized carbons (Fsp3) is 0.333. The molecule has 2 aromatic carbocycles. The van der Waals surface area contributed by atoms with Gasteiger partial charge in [-0.15, -0.1) is 11.3 Å². The maximum Gasteiger partial charge on any atom is 0.289 e. The third-order valence-electron chi connectivity index (χ3n) is 6.48. The number of rotatable bonds is 8. The number of aliphatic hydroxyl groups excluding tert-OH is 1. The molecule has 1 fully saturated rings. The van der Waals surface area contributed by atoms with Gasteiger partial charge in [0.1, 0.15) is 5.69 Å². The standard InChI is InChI=1S/C27H30N4O7S/c1-36-20-10-9-18(22(37-2)23(20)38-3)27(35)31-13-11-17(12-14-31)26-28-19(15-39-26)24(33)29-30-25(34)21(32)16-7-5-4-6-8-16/h4-10,15,17,21,32H,11-14H2,1-3H3,(H,29,33)(H,30,34). The number of amides is 3. The van der Waals surface area contributed by atoms with Crippen LogP contribution < -0.4 is 25.1 Å². The molecule has 1 aliphatic heterocycles. The van der Waals surface area contributed by atoms with Gasteiger partial charge < -0.3 is 24.2 Å². The molecule has 3 amide bonds. The third kappa shape index (κ3) is 6.13. The van der Waals surface area contributed by atoms with Crippen molar-refractivity contribution in [1.82, 2.24) is 20.7 Å². The van der Waals surface area contributed by atoms with Crippen molar-refractivity contribution in [2.75, 3.05) is 34.4 Å². The van der Waals surface area contributed by atoms with Crippen LogP contribution in [0.5, 0.6) is 17.2 Å². The summed E-state index contributed by atoms with van der Waals surface area (Å²) in [4.78, 5) is 44.2. The number of aliphatic hydroxyl groups is 1. The Labute approximate surface area is 229 Å². The normalized spacial score (nSPS) is 14.3. The Bertz CT molecular complexity index is 1320. The van der Waals surface area contributed by atoms with E-state index in [1.165, 1.54) is 32.7 Å². The molecule has 0 aliphatic carbocycles. The zero-order valence-corrected chi connectivity index (χ0v) is 22.6. The molecule has 1 aromatic heterocycles. The van der Waals surface area contributed by atoms with Crippen LogP contribution in [0.1, 0.15) is 56.3 Å². The van der Waals surface area contributed by atoms with Crippen molar-refractivity contribution >= 4 is 29.1 Å². The minimum Gasteiger partial charge on any atom is -0.493 e. The lowest BCUT2D eigenvalue weighted by Crippen LogP contribution is -2.44. The molecule has 206 valence electrons. The molecule has 1 unspecified atom stereocenters. The molecule has 1 saturated heterocycles. The molecule has 3 aromatic rings. The molecule has 1 aliphatic rings. The van der Waals surface area contributed by atoms with E-state index in [0.717, 1.165) is 5.01 Å². The lowest BCUT2D eigenvalue weighted by molar-refractivity contribution is -0.130. The summed E-state index contributed by atoms with van der Waals surface area (Å²) in [5.74, 6) is -0.267. The van der Waals surface area contributed by atoms with Gasteiger partial charge in [0.2, 0.25) is 5.75 Å². The Morgan fingerprint density at radius 3 is 2.31 bits per heavy atom. The van der Waals surface area contributed by atoms with Crippen LogP contribution in [0.15, 0.2) is 47.8 Å². The number of ether oxygens (including phenoxy) is 3. The molecule has 11 nitrogen and oxygen atoms in total. The summed E-state index contributed by atoms with van der Waals surface area (Å²) < 4.78 is 16.2. The Hall–Kier alpha value is -4.16. The molecule has 0 bridgehead atoms. The molecule has 0 saturated carbocycles. The minimum absolute atomic E-state index is 0.0855. The number of thiazole rings is 1. The van der Waals surface area contributed by atoms with E-state index in [1.54, 1.807) is 52.7 Å². The summed E-state index contributed by atoms with van der Waals surface area (Å²) in [7, 11) is 4.49. The van der Waals surface area contributed by atoms with Crippen LogP contribution in [0, 0.1) is 0 Å². The van der Waals surface area contributed by atoms with Crippen molar-refractivity contribution in [3.8, 4) is 17.2 Å². The fourth-order valence-corrected chi connectivity index (χ4v) is 5.36. The summed E-state index contributed by atoms with van der Waals surface area (Å²) >= 11 is 1.36. The number of methoxy groups -OCH3 is 3. The predicted octanol–water partition coefficient (Wildman–Crippen LogP) is 2.68. The average Bonchev–Trinajstić information content (AvgIpc) is 3.49. The molecule has 39 heavy (non-hydrogen) atoms. The lowest BCUT2D eigenvalue weighted by Gasteiger charge is -2.31. The first-order chi connectivity index (χ1) is 18.9. The number of hydrogen-bond acceptors (Lipinski definition) is 9. The maximum atomic E-state index is 13.3. The molecule has 4 rings (SSSR count). The number of benzene rings is 2. The van der Waals surface area contributed by atoms with E-state index in [9.17, 15) is 19.5 Å². The molecule has 3 N–H and O–H groups in total. The van der Waals surface area contributed by atoms with Gasteiger partial charge in [-0.2, -0.15) is 0 Å². The predicted molar refractivity (Wildman–Crippen MR) is 143 cm³/mol. The Morgan fingerprint density at radius 2 is 1.67 bits per heavy atom. The summed E-state index contributed by atoms with van der Waals surface area (Å²) in [6.07, 6.45) is -0.0596. The van der Waals surface area contributed by atoms with Gasteiger partial charge in [-0.1, -0.05) is 30.3 Å². The number of carbonyl (C=O) groups is 3. The number of nitrogens with one attached hydrogen (secondary N) is 2. The van der Waals surface area contributed by atoms with Crippen molar-refractivity contribution in [1.29, 1.82) is 0 Å². The monoisotopic (exact) mass is 554 g/mol. The third-order valence-corrected chi connectivity index (χ3v) is 7.49. The Morgan fingerprint density at radius 1 is 0.974 bits per heavy atom. The van der Waals surface area contributed by atoms with Gasteiger partial charge in [0.25, 0.3) is 17.7 Å². The summed E-state index contributed by atoms with van der Waals surface area (Å²) in [6, 6.07) is 11.7. The molecule has 0 spiro atoms. The van der Waals surface area contributed by atoms with Crippen molar-refractivity contribution in [3.05, 3.63) is 69.7 Å². The maximum absolute atomic E-state index is 13.3. The van der Waals surface area contributed by atoms with Crippen molar-refractivity contribution < 1.29 is 33.7 Å². The number of hydrogen-bond donors (Lipinski definition) is 3. The van der Waals surface area contributed by atoms with Crippen molar-refractivity contribution in [2.45, 2.75) is 24.9 Å². The second-order valence-electron chi connectivity index (χ2n) is 8.78. The van der Waals surface area contributed by atoms with Gasteiger partial charge in [0, 0.05) is 24.4 Å². The van der Waals surface area contributed by atoms with Gasteiger partial charge in [0.05, 0.1) is 31.9 Å². The average molecular weight is 555 g/mol. The van der Waals surface area contributed by atoms with E-state index in [4.69, 9.17) is 14.2 Å². The van der Waals surface area contributed by atoms with Crippen LogP contribution in [0.2, 0.25) is 0 Å². The smallest absolute Gasteiger partial charge is 0.289 e. The SMILES string of the molecule is COc1ccc(C(=O)N2CCC(c3nc(C(=O)NNC(=O)C(O)c4ccccc4)cs3)CC2)c(OC)c1OC. The second-order valence-corrected chi connectivity index (χ2v) is 9.67. The van der Waals surface area contributed by atoms with E-state index >= 15 is 0 Å². The van der Waals surface area contributed by atoms with Crippen LogP contribution in [0.4, 0.5) is 0 Å². The number of aromatic nitrogens is 1. The zero-order valence-electron chi connectivity index (χ0n) is 21.8. The van der Waals surface area contributed by atoms with Gasteiger partial charge in [0.15, 0.2) is 17.6 Å². The number of likely N-dealkylation sites (tertiary alicyclic amines) is 1. The van der Waals surface area contributed by atoms with Crippen LogP contribution in [-0.2, 0) is 4.79 Å². The fourth-order valence-electron chi connectivity index (χ4n) is 4.39. The Balaban J connectivity index is 1.33. The van der Waals surface area contributed by atoms with Gasteiger partial charge >= 0.3 is 0 Å². The Kier molecular flexibility index (Phi) is 8.99. The van der Waals surface area contributed by atoms with Crippen LogP contribution in [-0.4, -0.2) is 67.1 Å². The highest BCUT2D eigenvalue weighted by atomic mass is 32.1. The summed E-state index contributed by atoms with van der Waals surface area (Å²) in [5.41, 5.74) is 5.49. The van der Waals surface area contributed by atoms with Crippen molar-refractivity contribution in [3.63, 3.8) is 0 Å². The van der Waals surface area contributed by atoms with Gasteiger partial charge in [-0.25, -0.2) is 4.98 Å². The largest absolute Gasteiger partial charge is 0.493 e. The lowest BCUT2D eigenvalue weighted by atomic mass is 9.97. The van der Waals surface area contributed by atoms with Crippen LogP contribution in [0.25, 0.3) is 0 Å². The van der Waals surface area contributed by atoms with E-state index in [-0.39, 0.29) is 17.5 Å². The summed E-state index contributed by atoms with van der Waals surface area (Å²) in [6.45, 7) is 1.02. The number of nitrogens with zero attached hydrogens (tertiary/aromatic N) is 2. The molecule has 12 heteroatoms. The first-order valence-corrected chi connectivity index (χ1v) is 13.1. The molecule has 0 radical (unpaired) electrons. The van der Waals surface area contributed by atoms with E-state index < -0.39 is 17.9 Å². The topological polar surface area (TPSA) is 139 Å². The van der Waals surface area contributed by atoms with E-state index in [2.05, 4.69) is 15.8 Å². The number of hydrazine groups is 1. The quantitative estimate of drug-likeness (QED) is 0.361. The highest BCUT2D eigenvalue weighted by Gasteiger charge is 2.30. The first-order valence-electron chi connectivity index (χ1n) is 12.2. The number of carbonyl (C=O) groups excluding carboxylic acids is 3.